The molecule has 1 aromatic rings. The van der Waals surface area contributed by atoms with Crippen LogP contribution < -0.4 is 15.4 Å². The summed E-state index contributed by atoms with van der Waals surface area (Å²) in [6.07, 6.45) is 0.295. The van der Waals surface area contributed by atoms with Gasteiger partial charge in [-0.05, 0) is 40.2 Å². The van der Waals surface area contributed by atoms with Crippen LogP contribution >= 0.6 is 0 Å². The lowest BCUT2D eigenvalue weighted by molar-refractivity contribution is -0.137. The number of carbonyl (C=O) groups is 2. The molecule has 8 nitrogen and oxygen atoms in total. The zero-order valence-corrected chi connectivity index (χ0v) is 13.2. The van der Waals surface area contributed by atoms with E-state index < -0.39 is 17.5 Å². The minimum absolute atomic E-state index is 0.00792. The normalized spacial score (nSPS) is 11.1. The predicted octanol–water partition coefficient (Wildman–Crippen LogP) is 2.03. The van der Waals surface area contributed by atoms with E-state index in [2.05, 4.69) is 20.8 Å². The van der Waals surface area contributed by atoms with E-state index in [0.29, 0.717) is 12.3 Å². The second kappa shape index (κ2) is 7.58. The van der Waals surface area contributed by atoms with E-state index in [-0.39, 0.29) is 18.3 Å². The SMILES string of the molecule is CC(C)Oc1ccc(NC(=O)NC(C)(C)CCC(=O)O)nn1. The molecule has 0 unspecified atom stereocenters. The van der Waals surface area contributed by atoms with E-state index in [9.17, 15) is 9.59 Å². The van der Waals surface area contributed by atoms with Gasteiger partial charge < -0.3 is 15.2 Å². The van der Waals surface area contributed by atoms with Crippen molar-refractivity contribution in [3.8, 4) is 5.88 Å². The summed E-state index contributed by atoms with van der Waals surface area (Å²) in [7, 11) is 0. The molecule has 1 heterocycles. The number of hydrogen-bond donors (Lipinski definition) is 3. The number of carboxylic acid groups (broad SMARTS) is 1. The Morgan fingerprint density at radius 1 is 1.32 bits per heavy atom. The zero-order chi connectivity index (χ0) is 16.8. The second-order valence-electron chi connectivity index (χ2n) is 5.78. The van der Waals surface area contributed by atoms with E-state index in [1.165, 1.54) is 0 Å². The number of ether oxygens (including phenoxy) is 1. The van der Waals surface area contributed by atoms with Gasteiger partial charge in [0, 0.05) is 18.0 Å². The fourth-order valence-corrected chi connectivity index (χ4v) is 1.63. The lowest BCUT2D eigenvalue weighted by Crippen LogP contribution is -2.45. The highest BCUT2D eigenvalue weighted by molar-refractivity contribution is 5.88. The van der Waals surface area contributed by atoms with Gasteiger partial charge in [-0.25, -0.2) is 4.79 Å². The molecule has 22 heavy (non-hydrogen) atoms. The van der Waals surface area contributed by atoms with Crippen LogP contribution in [0.3, 0.4) is 0 Å². The van der Waals surface area contributed by atoms with Crippen LogP contribution in [0.5, 0.6) is 5.88 Å². The molecule has 1 aromatic heterocycles. The highest BCUT2D eigenvalue weighted by atomic mass is 16.5. The summed E-state index contributed by atoms with van der Waals surface area (Å²) >= 11 is 0. The molecule has 8 heteroatoms. The molecule has 0 saturated heterocycles. The second-order valence-corrected chi connectivity index (χ2v) is 5.78. The van der Waals surface area contributed by atoms with Crippen LogP contribution in [0.25, 0.3) is 0 Å². The quantitative estimate of drug-likeness (QED) is 0.710. The van der Waals surface area contributed by atoms with Crippen LogP contribution in [0, 0.1) is 0 Å². The van der Waals surface area contributed by atoms with Gasteiger partial charge in [0.15, 0.2) is 5.82 Å². The number of aromatic nitrogens is 2. The van der Waals surface area contributed by atoms with Crippen molar-refractivity contribution >= 4 is 17.8 Å². The first-order valence-electron chi connectivity index (χ1n) is 6.99. The molecule has 0 saturated carbocycles. The third-order valence-electron chi connectivity index (χ3n) is 2.65. The Labute approximate surface area is 129 Å². The number of nitrogens with one attached hydrogen (secondary N) is 2. The minimum Gasteiger partial charge on any atom is -0.481 e. The fourth-order valence-electron chi connectivity index (χ4n) is 1.63. The average Bonchev–Trinajstić information content (AvgIpc) is 2.37. The third kappa shape index (κ3) is 6.87. The van der Waals surface area contributed by atoms with Crippen LogP contribution in [-0.4, -0.2) is 38.9 Å². The first-order chi connectivity index (χ1) is 10.2. The maximum absolute atomic E-state index is 11.9. The van der Waals surface area contributed by atoms with Crippen molar-refractivity contribution in [2.24, 2.45) is 0 Å². The van der Waals surface area contributed by atoms with Gasteiger partial charge in [-0.3, -0.25) is 10.1 Å². The van der Waals surface area contributed by atoms with Crippen molar-refractivity contribution in [3.05, 3.63) is 12.1 Å². The molecule has 2 amide bonds. The zero-order valence-electron chi connectivity index (χ0n) is 13.2. The molecular formula is C14H22N4O4. The summed E-state index contributed by atoms with van der Waals surface area (Å²) in [5, 5.41) is 21.6. The topological polar surface area (TPSA) is 113 Å². The van der Waals surface area contributed by atoms with Crippen molar-refractivity contribution in [2.45, 2.75) is 52.2 Å². The number of carboxylic acids is 1. The summed E-state index contributed by atoms with van der Waals surface area (Å²) in [5.41, 5.74) is -0.642. The molecule has 0 aliphatic carbocycles. The standard InChI is InChI=1S/C14H22N4O4/c1-9(2)22-11-6-5-10(17-18-11)15-13(21)16-14(3,4)8-7-12(19)20/h5-6,9H,7-8H2,1-4H3,(H,19,20)(H2,15,16,17,21). The number of aliphatic carboxylic acids is 1. The fraction of sp³-hybridized carbons (Fsp3) is 0.571. The highest BCUT2D eigenvalue weighted by Gasteiger charge is 2.21. The van der Waals surface area contributed by atoms with Crippen LogP contribution in [-0.2, 0) is 4.79 Å². The van der Waals surface area contributed by atoms with E-state index in [4.69, 9.17) is 9.84 Å². The number of nitrogens with zero attached hydrogens (tertiary/aromatic N) is 2. The van der Waals surface area contributed by atoms with Crippen molar-refractivity contribution in [1.29, 1.82) is 0 Å². The Morgan fingerprint density at radius 3 is 2.50 bits per heavy atom. The molecule has 0 spiro atoms. The van der Waals surface area contributed by atoms with Gasteiger partial charge in [-0.15, -0.1) is 10.2 Å². The molecule has 0 radical (unpaired) electrons. The maximum atomic E-state index is 11.9. The van der Waals surface area contributed by atoms with E-state index in [1.54, 1.807) is 26.0 Å². The van der Waals surface area contributed by atoms with Gasteiger partial charge in [-0.2, -0.15) is 0 Å². The number of rotatable bonds is 7. The lowest BCUT2D eigenvalue weighted by Gasteiger charge is -2.25. The van der Waals surface area contributed by atoms with Gasteiger partial charge in [0.25, 0.3) is 0 Å². The molecule has 0 atom stereocenters. The monoisotopic (exact) mass is 310 g/mol. The van der Waals surface area contributed by atoms with Crippen molar-refractivity contribution in [3.63, 3.8) is 0 Å². The molecule has 3 N–H and O–H groups in total. The van der Waals surface area contributed by atoms with Crippen LogP contribution in [0.2, 0.25) is 0 Å². The minimum atomic E-state index is -0.901. The van der Waals surface area contributed by atoms with Gasteiger partial charge in [0.05, 0.1) is 6.10 Å². The Hall–Kier alpha value is -2.38. The molecule has 0 bridgehead atoms. The number of carbonyl (C=O) groups excluding carboxylic acids is 1. The smallest absolute Gasteiger partial charge is 0.320 e. The van der Waals surface area contributed by atoms with Gasteiger partial charge >= 0.3 is 12.0 Å². The molecule has 1 rings (SSSR count). The predicted molar refractivity (Wildman–Crippen MR) is 80.9 cm³/mol. The highest BCUT2D eigenvalue weighted by Crippen LogP contribution is 2.13. The number of urea groups is 1. The summed E-state index contributed by atoms with van der Waals surface area (Å²) in [5.74, 6) is -0.243. The van der Waals surface area contributed by atoms with Crippen molar-refractivity contribution in [2.75, 3.05) is 5.32 Å². The summed E-state index contributed by atoms with van der Waals surface area (Å²) in [6.45, 7) is 7.25. The Balaban J connectivity index is 2.52. The summed E-state index contributed by atoms with van der Waals surface area (Å²) in [4.78, 5) is 22.4. The number of amides is 2. The maximum Gasteiger partial charge on any atom is 0.320 e. The van der Waals surface area contributed by atoms with E-state index >= 15 is 0 Å². The Morgan fingerprint density at radius 2 is 2.00 bits per heavy atom. The van der Waals surface area contributed by atoms with Crippen molar-refractivity contribution in [1.82, 2.24) is 15.5 Å². The van der Waals surface area contributed by atoms with Gasteiger partial charge in [0.2, 0.25) is 5.88 Å². The molecule has 0 aliphatic rings. The number of hydrogen-bond acceptors (Lipinski definition) is 5. The first-order valence-corrected chi connectivity index (χ1v) is 6.99. The summed E-state index contributed by atoms with van der Waals surface area (Å²) in [6, 6.07) is 2.72. The average molecular weight is 310 g/mol. The molecule has 0 fully saturated rings. The lowest BCUT2D eigenvalue weighted by atomic mass is 9.99. The van der Waals surface area contributed by atoms with E-state index in [0.717, 1.165) is 0 Å². The van der Waals surface area contributed by atoms with Crippen LogP contribution in [0.1, 0.15) is 40.5 Å². The van der Waals surface area contributed by atoms with Crippen LogP contribution in [0.15, 0.2) is 12.1 Å². The molecule has 0 aromatic carbocycles. The van der Waals surface area contributed by atoms with Gasteiger partial charge in [0.1, 0.15) is 0 Å². The van der Waals surface area contributed by atoms with Gasteiger partial charge in [-0.1, -0.05) is 0 Å². The van der Waals surface area contributed by atoms with E-state index in [1.807, 2.05) is 13.8 Å². The Bertz CT molecular complexity index is 514. The largest absolute Gasteiger partial charge is 0.481 e. The molecule has 122 valence electrons. The molecule has 0 aliphatic heterocycles. The first kappa shape index (κ1) is 17.7. The summed E-state index contributed by atoms with van der Waals surface area (Å²) < 4.78 is 5.35. The number of anilines is 1. The third-order valence-corrected chi connectivity index (χ3v) is 2.65. The van der Waals surface area contributed by atoms with Crippen LogP contribution in [0.4, 0.5) is 10.6 Å². The molecular weight excluding hydrogens is 288 g/mol. The van der Waals surface area contributed by atoms with Crippen molar-refractivity contribution < 1.29 is 19.4 Å². The Kier molecular flexibility index (Phi) is 6.09.